The summed E-state index contributed by atoms with van der Waals surface area (Å²) >= 11 is 0. The van der Waals surface area contributed by atoms with E-state index < -0.39 is 0 Å². The first-order valence-electron chi connectivity index (χ1n) is 7.82. The molecular formula is C18H19N3O. The first kappa shape index (κ1) is 13.5. The second-order valence-electron chi connectivity index (χ2n) is 5.88. The third-order valence-electron chi connectivity index (χ3n) is 4.21. The number of ether oxygens (including phenoxy) is 1. The molecule has 1 aliphatic rings. The molecule has 0 aliphatic carbocycles. The number of benzene rings is 1. The third kappa shape index (κ3) is 2.40. The van der Waals surface area contributed by atoms with Gasteiger partial charge in [-0.1, -0.05) is 17.7 Å². The number of hydrogen-bond donors (Lipinski definition) is 0. The second kappa shape index (κ2) is 5.54. The van der Waals surface area contributed by atoms with Crippen LogP contribution in [0, 0.1) is 6.92 Å². The van der Waals surface area contributed by atoms with Gasteiger partial charge >= 0.3 is 0 Å². The van der Waals surface area contributed by atoms with Crippen LogP contribution in [0.2, 0.25) is 0 Å². The van der Waals surface area contributed by atoms with Gasteiger partial charge in [-0.05, 0) is 44.0 Å². The zero-order valence-electron chi connectivity index (χ0n) is 12.7. The molecule has 0 spiro atoms. The van der Waals surface area contributed by atoms with E-state index in [0.717, 1.165) is 48.5 Å². The van der Waals surface area contributed by atoms with Crippen LogP contribution in [0.15, 0.2) is 42.6 Å². The number of rotatable bonds is 3. The minimum Gasteiger partial charge on any atom is -0.378 e. The quantitative estimate of drug-likeness (QED) is 0.742. The largest absolute Gasteiger partial charge is 0.378 e. The van der Waals surface area contributed by atoms with E-state index in [4.69, 9.17) is 9.72 Å². The molecule has 2 aromatic heterocycles. The van der Waals surface area contributed by atoms with E-state index in [1.807, 2.05) is 18.3 Å². The minimum atomic E-state index is 0.279. The Kier molecular flexibility index (Phi) is 3.39. The van der Waals surface area contributed by atoms with Gasteiger partial charge in [-0.3, -0.25) is 4.57 Å². The Morgan fingerprint density at radius 2 is 2.09 bits per heavy atom. The lowest BCUT2D eigenvalue weighted by Gasteiger charge is -2.12. The minimum absolute atomic E-state index is 0.279. The molecule has 4 heteroatoms. The van der Waals surface area contributed by atoms with Gasteiger partial charge in [-0.2, -0.15) is 0 Å². The van der Waals surface area contributed by atoms with Crippen LogP contribution in [0.25, 0.3) is 16.9 Å². The van der Waals surface area contributed by atoms with E-state index in [-0.39, 0.29) is 6.10 Å². The zero-order chi connectivity index (χ0) is 14.9. The Bertz CT molecular complexity index is 786. The molecule has 0 N–H and O–H groups in total. The normalized spacial score (nSPS) is 18.1. The highest BCUT2D eigenvalue weighted by Gasteiger charge is 2.21. The lowest BCUT2D eigenvalue weighted by molar-refractivity contribution is 0.109. The maximum Gasteiger partial charge on any atom is 0.164 e. The van der Waals surface area contributed by atoms with Crippen molar-refractivity contribution in [1.29, 1.82) is 0 Å². The number of fused-ring (bicyclic) bond motifs is 1. The molecule has 0 amide bonds. The smallest absolute Gasteiger partial charge is 0.164 e. The summed E-state index contributed by atoms with van der Waals surface area (Å²) in [7, 11) is 0. The van der Waals surface area contributed by atoms with Crippen LogP contribution in [0.1, 0.15) is 24.2 Å². The SMILES string of the molecule is Cc1ccc(-n2c(CC3CCCO3)nc3cccnc32)cc1. The van der Waals surface area contributed by atoms with Gasteiger partial charge in [0.25, 0.3) is 0 Å². The molecule has 1 unspecified atom stereocenters. The average Bonchev–Trinajstić information content (AvgIpc) is 3.16. The average molecular weight is 293 g/mol. The lowest BCUT2D eigenvalue weighted by Crippen LogP contribution is -2.13. The molecule has 4 nitrogen and oxygen atoms in total. The van der Waals surface area contributed by atoms with Crippen molar-refractivity contribution >= 4 is 11.2 Å². The molecule has 112 valence electrons. The first-order chi connectivity index (χ1) is 10.8. The summed E-state index contributed by atoms with van der Waals surface area (Å²) in [6.45, 7) is 2.97. The Balaban J connectivity index is 1.83. The number of hydrogen-bond acceptors (Lipinski definition) is 3. The van der Waals surface area contributed by atoms with Crippen LogP contribution in [0.3, 0.4) is 0 Å². The van der Waals surface area contributed by atoms with Crippen LogP contribution >= 0.6 is 0 Å². The fourth-order valence-electron chi connectivity index (χ4n) is 3.07. The van der Waals surface area contributed by atoms with Crippen molar-refractivity contribution < 1.29 is 4.74 Å². The number of imidazole rings is 1. The summed E-state index contributed by atoms with van der Waals surface area (Å²) in [6.07, 6.45) is 5.20. The molecule has 0 bridgehead atoms. The third-order valence-corrected chi connectivity index (χ3v) is 4.21. The van der Waals surface area contributed by atoms with Crippen LogP contribution in [-0.2, 0) is 11.2 Å². The number of aryl methyl sites for hydroxylation is 1. The van der Waals surface area contributed by atoms with Gasteiger partial charge in [-0.15, -0.1) is 0 Å². The number of nitrogens with zero attached hydrogens (tertiary/aromatic N) is 3. The highest BCUT2D eigenvalue weighted by Crippen LogP contribution is 2.24. The van der Waals surface area contributed by atoms with Crippen molar-refractivity contribution in [1.82, 2.24) is 14.5 Å². The fourth-order valence-corrected chi connectivity index (χ4v) is 3.07. The van der Waals surface area contributed by atoms with Gasteiger partial charge in [0, 0.05) is 24.9 Å². The molecule has 1 aromatic carbocycles. The van der Waals surface area contributed by atoms with Crippen LogP contribution in [0.4, 0.5) is 0 Å². The molecule has 1 atom stereocenters. The molecule has 3 aromatic rings. The predicted octanol–water partition coefficient (Wildman–Crippen LogP) is 3.45. The fraction of sp³-hybridized carbons (Fsp3) is 0.333. The Morgan fingerprint density at radius 3 is 2.86 bits per heavy atom. The summed E-state index contributed by atoms with van der Waals surface area (Å²) in [5.74, 6) is 1.03. The second-order valence-corrected chi connectivity index (χ2v) is 5.88. The topological polar surface area (TPSA) is 39.9 Å². The zero-order valence-corrected chi connectivity index (χ0v) is 12.7. The van der Waals surface area contributed by atoms with Gasteiger partial charge in [0.05, 0.1) is 6.10 Å². The van der Waals surface area contributed by atoms with E-state index in [9.17, 15) is 0 Å². The number of pyridine rings is 1. The molecule has 3 heterocycles. The first-order valence-corrected chi connectivity index (χ1v) is 7.82. The van der Waals surface area contributed by atoms with Crippen molar-refractivity contribution in [2.75, 3.05) is 6.61 Å². The molecule has 0 saturated carbocycles. The molecule has 1 aliphatic heterocycles. The molecule has 1 fully saturated rings. The van der Waals surface area contributed by atoms with Gasteiger partial charge in [0.15, 0.2) is 5.65 Å². The summed E-state index contributed by atoms with van der Waals surface area (Å²) in [5.41, 5.74) is 4.22. The maximum absolute atomic E-state index is 5.79. The van der Waals surface area contributed by atoms with Gasteiger partial charge in [0.1, 0.15) is 11.3 Å². The van der Waals surface area contributed by atoms with Gasteiger partial charge in [-0.25, -0.2) is 9.97 Å². The summed E-state index contributed by atoms with van der Waals surface area (Å²) < 4.78 is 7.95. The Morgan fingerprint density at radius 1 is 1.23 bits per heavy atom. The van der Waals surface area contributed by atoms with E-state index >= 15 is 0 Å². The van der Waals surface area contributed by atoms with Gasteiger partial charge in [0.2, 0.25) is 0 Å². The molecule has 1 saturated heterocycles. The van der Waals surface area contributed by atoms with Crippen molar-refractivity contribution in [3.8, 4) is 5.69 Å². The van der Waals surface area contributed by atoms with Crippen molar-refractivity contribution in [3.63, 3.8) is 0 Å². The Labute approximate surface area is 129 Å². The summed E-state index contributed by atoms with van der Waals surface area (Å²) in [5, 5.41) is 0. The molecular weight excluding hydrogens is 274 g/mol. The van der Waals surface area contributed by atoms with Crippen molar-refractivity contribution in [2.45, 2.75) is 32.3 Å². The van der Waals surface area contributed by atoms with E-state index in [2.05, 4.69) is 40.7 Å². The number of aromatic nitrogens is 3. The van der Waals surface area contributed by atoms with Crippen LogP contribution in [-0.4, -0.2) is 27.2 Å². The standard InChI is InChI=1S/C18H19N3O/c1-13-6-8-14(9-7-13)21-17(12-15-4-3-11-22-15)20-16-5-2-10-19-18(16)21/h2,5-10,15H,3-4,11-12H2,1H3. The van der Waals surface area contributed by atoms with E-state index in [0.29, 0.717) is 0 Å². The lowest BCUT2D eigenvalue weighted by atomic mass is 10.1. The van der Waals surface area contributed by atoms with E-state index in [1.165, 1.54) is 5.56 Å². The van der Waals surface area contributed by atoms with E-state index in [1.54, 1.807) is 0 Å². The highest BCUT2D eigenvalue weighted by atomic mass is 16.5. The summed E-state index contributed by atoms with van der Waals surface area (Å²) in [4.78, 5) is 9.33. The maximum atomic E-state index is 5.79. The summed E-state index contributed by atoms with van der Waals surface area (Å²) in [6, 6.07) is 12.5. The Hall–Kier alpha value is -2.20. The molecule has 4 rings (SSSR count). The molecule has 22 heavy (non-hydrogen) atoms. The van der Waals surface area contributed by atoms with Crippen LogP contribution < -0.4 is 0 Å². The monoisotopic (exact) mass is 293 g/mol. The van der Waals surface area contributed by atoms with Crippen LogP contribution in [0.5, 0.6) is 0 Å². The highest BCUT2D eigenvalue weighted by molar-refractivity contribution is 5.73. The molecule has 0 radical (unpaired) electrons. The predicted molar refractivity (Wildman–Crippen MR) is 86.3 cm³/mol. The van der Waals surface area contributed by atoms with Crippen molar-refractivity contribution in [3.05, 3.63) is 54.0 Å². The van der Waals surface area contributed by atoms with Gasteiger partial charge < -0.3 is 4.74 Å². The van der Waals surface area contributed by atoms with Crippen molar-refractivity contribution in [2.24, 2.45) is 0 Å².